The van der Waals surface area contributed by atoms with Crippen LogP contribution in [-0.2, 0) is 21.1 Å². The molecule has 0 unspecified atom stereocenters. The summed E-state index contributed by atoms with van der Waals surface area (Å²) in [6.45, 7) is 0. The maximum Gasteiger partial charge on any atom is 0.268 e. The van der Waals surface area contributed by atoms with Crippen LogP contribution in [0.15, 0.2) is 267 Å². The molecule has 0 amide bonds. The van der Waals surface area contributed by atoms with Crippen LogP contribution in [0, 0.1) is 18.5 Å². The van der Waals surface area contributed by atoms with E-state index in [4.69, 9.17) is 9.72 Å². The summed E-state index contributed by atoms with van der Waals surface area (Å²) in [6.07, 6.45) is 5.67. The summed E-state index contributed by atoms with van der Waals surface area (Å²) in [7, 11) is 0. The van der Waals surface area contributed by atoms with Gasteiger partial charge in [-0.25, -0.2) is 4.98 Å². The van der Waals surface area contributed by atoms with Gasteiger partial charge in [0.05, 0.1) is 44.3 Å². The molecule has 0 saturated carbocycles. The summed E-state index contributed by atoms with van der Waals surface area (Å²) in [6, 6.07) is 99.1. The van der Waals surface area contributed by atoms with Gasteiger partial charge in [0.25, 0.3) is 6.33 Å². The number of para-hydroxylation sites is 7. The Morgan fingerprint density at radius 3 is 1.49 bits per heavy atom. The number of nitrogens with zero attached hydrogens (tertiary/aromatic N) is 6. The van der Waals surface area contributed by atoms with Crippen LogP contribution in [0.25, 0.3) is 127 Å². The van der Waals surface area contributed by atoms with Gasteiger partial charge in [0, 0.05) is 71.7 Å². The fraction of sp³-hybridized carbons (Fsp3) is 0. The Morgan fingerprint density at radius 2 is 0.887 bits per heavy atom. The standard InChI is InChI=1S/C72H44N6O.Pt/c1-5-23-48(24-6-1)55-35-22-36-56(49-25-7-2-8-26-49)69(55)75-47-74(62-39-17-18-40-63(62)75)52-31-21-32-53(45-52)79-54-42-43-59-64(46-54)78(65-41-19-20-44-73-65)72-67-58-34-14-16-38-61(58)76(50-27-9-3-10-28-50)70(67)66-57-33-13-15-37-60(57)77(71(66)68(59)72)51-29-11-4-12-30-51;/h1-44H;/q-2;. The Balaban J connectivity index is 0.00000552. The molecule has 8 heteroatoms. The molecule has 0 aliphatic heterocycles. The summed E-state index contributed by atoms with van der Waals surface area (Å²) < 4.78 is 18.4. The first-order valence-corrected chi connectivity index (χ1v) is 26.6. The SMILES string of the molecule is [Pt].[c-]1c(Oc2[c-]c3c(cc2)c2c(c4c5ccccc5n(-c5ccccc5)c4c4c5ccccc5n(-c5ccccc5)c24)n3-c2ccccn2)cccc1-[n+]1[c-]n(-c2c(-c3ccccc3)cccc2-c2ccccc2)c2ccccc21. The molecule has 16 rings (SSSR count). The second-order valence-electron chi connectivity index (χ2n) is 19.9. The molecule has 0 saturated heterocycles. The average molecular weight is 1200 g/mol. The van der Waals surface area contributed by atoms with E-state index in [0.717, 1.165) is 116 Å². The summed E-state index contributed by atoms with van der Waals surface area (Å²) in [4.78, 5) is 5.10. The Bertz CT molecular complexity index is 4960. The van der Waals surface area contributed by atoms with Crippen LogP contribution in [0.4, 0.5) is 0 Å². The number of pyridine rings is 1. The molecule has 5 aromatic heterocycles. The van der Waals surface area contributed by atoms with Gasteiger partial charge in [-0.3, -0.25) is 4.57 Å². The number of hydrogen-bond acceptors (Lipinski definition) is 2. The van der Waals surface area contributed by atoms with E-state index in [1.165, 1.54) is 10.8 Å². The van der Waals surface area contributed by atoms with Crippen molar-refractivity contribution < 1.29 is 30.4 Å². The zero-order valence-corrected chi connectivity index (χ0v) is 45.1. The van der Waals surface area contributed by atoms with Gasteiger partial charge in [0.1, 0.15) is 5.82 Å². The molecule has 11 aromatic carbocycles. The summed E-state index contributed by atoms with van der Waals surface area (Å²) in [5, 5.41) is 6.74. The predicted molar refractivity (Wildman–Crippen MR) is 320 cm³/mol. The van der Waals surface area contributed by atoms with Gasteiger partial charge in [0.15, 0.2) is 0 Å². The largest absolute Gasteiger partial charge is 0.510 e. The van der Waals surface area contributed by atoms with E-state index in [0.29, 0.717) is 11.5 Å². The minimum atomic E-state index is 0. The maximum absolute atomic E-state index is 6.95. The molecule has 7 nitrogen and oxygen atoms in total. The summed E-state index contributed by atoms with van der Waals surface area (Å²) >= 11 is 0. The molecule has 0 atom stereocenters. The first-order chi connectivity index (χ1) is 39.2. The van der Waals surface area contributed by atoms with Crippen LogP contribution < -0.4 is 9.30 Å². The van der Waals surface area contributed by atoms with E-state index in [9.17, 15) is 0 Å². The number of imidazole rings is 1. The van der Waals surface area contributed by atoms with Crippen molar-refractivity contribution in [2.24, 2.45) is 0 Å². The monoisotopic (exact) mass is 1200 g/mol. The minimum absolute atomic E-state index is 0. The van der Waals surface area contributed by atoms with Crippen LogP contribution in [0.5, 0.6) is 11.5 Å². The molecule has 0 radical (unpaired) electrons. The van der Waals surface area contributed by atoms with E-state index < -0.39 is 0 Å². The van der Waals surface area contributed by atoms with E-state index in [2.05, 4.69) is 278 Å². The molecule has 5 heterocycles. The molecule has 0 fully saturated rings. The Morgan fingerprint density at radius 1 is 0.388 bits per heavy atom. The number of hydrogen-bond donors (Lipinski definition) is 0. The van der Waals surface area contributed by atoms with Gasteiger partial charge >= 0.3 is 0 Å². The Labute approximate surface area is 474 Å². The van der Waals surface area contributed by atoms with Crippen LogP contribution in [-0.4, -0.2) is 23.3 Å². The van der Waals surface area contributed by atoms with Crippen molar-refractivity contribution in [2.75, 3.05) is 0 Å². The van der Waals surface area contributed by atoms with Crippen LogP contribution >= 0.6 is 0 Å². The zero-order chi connectivity index (χ0) is 52.0. The van der Waals surface area contributed by atoms with E-state index in [1.54, 1.807) is 0 Å². The van der Waals surface area contributed by atoms with Crippen LogP contribution in [0.2, 0.25) is 0 Å². The van der Waals surface area contributed by atoms with E-state index in [-0.39, 0.29) is 21.1 Å². The Kier molecular flexibility index (Phi) is 11.3. The van der Waals surface area contributed by atoms with Gasteiger partial charge in [-0.1, -0.05) is 193 Å². The molecule has 0 aliphatic rings. The third kappa shape index (κ3) is 7.32. The van der Waals surface area contributed by atoms with Crippen molar-refractivity contribution in [1.29, 1.82) is 0 Å². The number of fused-ring (bicyclic) bond motifs is 13. The first-order valence-electron chi connectivity index (χ1n) is 26.6. The third-order valence-corrected chi connectivity index (χ3v) is 15.4. The molecule has 0 N–H and O–H groups in total. The number of ether oxygens (including phenoxy) is 1. The maximum atomic E-state index is 6.95. The fourth-order valence-electron chi connectivity index (χ4n) is 12.2. The van der Waals surface area contributed by atoms with Crippen molar-refractivity contribution in [3.05, 3.63) is 286 Å². The number of aromatic nitrogens is 6. The smallest absolute Gasteiger partial charge is 0.268 e. The van der Waals surface area contributed by atoms with Gasteiger partial charge in [-0.2, -0.15) is 18.2 Å². The normalized spacial score (nSPS) is 11.7. The second kappa shape index (κ2) is 19.1. The van der Waals surface area contributed by atoms with Crippen LogP contribution in [0.1, 0.15) is 0 Å². The summed E-state index contributed by atoms with van der Waals surface area (Å²) in [5.74, 6) is 1.86. The van der Waals surface area contributed by atoms with Crippen molar-refractivity contribution in [3.8, 4) is 62.3 Å². The molecule has 0 spiro atoms. The molecule has 380 valence electrons. The van der Waals surface area contributed by atoms with Crippen molar-refractivity contribution >= 4 is 76.5 Å². The van der Waals surface area contributed by atoms with Gasteiger partial charge in [0.2, 0.25) is 0 Å². The van der Waals surface area contributed by atoms with Crippen molar-refractivity contribution in [1.82, 2.24) is 23.3 Å². The topological polar surface area (TPSA) is 45.7 Å². The molecule has 0 bridgehead atoms. The quantitative estimate of drug-likeness (QED) is 0.107. The average Bonchev–Trinajstić information content (AvgIpc) is 4.44. The predicted octanol–water partition coefficient (Wildman–Crippen LogP) is 17.1. The van der Waals surface area contributed by atoms with Gasteiger partial charge in [-0.05, 0) is 81.9 Å². The molecule has 0 aliphatic carbocycles. The van der Waals surface area contributed by atoms with E-state index >= 15 is 0 Å². The van der Waals surface area contributed by atoms with Crippen molar-refractivity contribution in [3.63, 3.8) is 0 Å². The van der Waals surface area contributed by atoms with Gasteiger partial charge < -0.3 is 23.0 Å². The third-order valence-electron chi connectivity index (χ3n) is 15.4. The summed E-state index contributed by atoms with van der Waals surface area (Å²) in [5.41, 5.74) is 16.8. The zero-order valence-electron chi connectivity index (χ0n) is 42.8. The minimum Gasteiger partial charge on any atom is -0.510 e. The second-order valence-corrected chi connectivity index (χ2v) is 19.9. The van der Waals surface area contributed by atoms with Crippen molar-refractivity contribution in [2.45, 2.75) is 0 Å². The molecule has 80 heavy (non-hydrogen) atoms. The van der Waals surface area contributed by atoms with E-state index in [1.807, 2.05) is 30.5 Å². The molecular weight excluding hydrogens is 1160 g/mol. The number of benzene rings is 11. The van der Waals surface area contributed by atoms with Gasteiger partial charge in [-0.15, -0.1) is 24.3 Å². The first kappa shape index (κ1) is 47.2. The fourth-order valence-corrected chi connectivity index (χ4v) is 12.2. The Hall–Kier alpha value is -10.1. The van der Waals surface area contributed by atoms with Crippen LogP contribution in [0.3, 0.4) is 0 Å². The number of rotatable bonds is 9. The molecule has 16 aromatic rings. The molecular formula is C72H44N6OPt-2.